The molecule has 4 heteroatoms. The zero-order valence-corrected chi connectivity index (χ0v) is 9.82. The van der Waals surface area contributed by atoms with Crippen LogP contribution < -0.4 is 5.32 Å². The molecule has 0 spiro atoms. The standard InChI is InChI=1S/C12H18N2O2/c1-3-11-10(5-6-16-11)12(15)14(4-2)9-7-13-8-9/h5-6,9,13H,3-4,7-8H2,1-2H3. The number of aryl methyl sites for hydroxylation is 1. The molecule has 1 aliphatic rings. The van der Waals surface area contributed by atoms with Crippen LogP contribution >= 0.6 is 0 Å². The molecule has 1 fully saturated rings. The third kappa shape index (κ3) is 1.85. The minimum Gasteiger partial charge on any atom is -0.469 e. The van der Waals surface area contributed by atoms with Crippen LogP contribution in [0.2, 0.25) is 0 Å². The third-order valence-electron chi connectivity index (χ3n) is 3.10. The molecule has 1 amide bonds. The molecule has 1 aliphatic heterocycles. The number of hydrogen-bond donors (Lipinski definition) is 1. The zero-order chi connectivity index (χ0) is 11.5. The molecular formula is C12H18N2O2. The van der Waals surface area contributed by atoms with E-state index in [4.69, 9.17) is 4.42 Å². The Morgan fingerprint density at radius 1 is 1.56 bits per heavy atom. The van der Waals surface area contributed by atoms with Crippen LogP contribution in [0.25, 0.3) is 0 Å². The molecule has 1 N–H and O–H groups in total. The fourth-order valence-electron chi connectivity index (χ4n) is 2.02. The van der Waals surface area contributed by atoms with Crippen LogP contribution in [0.3, 0.4) is 0 Å². The minimum atomic E-state index is 0.0969. The molecule has 0 unspecified atom stereocenters. The Hall–Kier alpha value is -1.29. The van der Waals surface area contributed by atoms with Gasteiger partial charge in [0.2, 0.25) is 0 Å². The molecule has 4 nitrogen and oxygen atoms in total. The van der Waals surface area contributed by atoms with Gasteiger partial charge >= 0.3 is 0 Å². The quantitative estimate of drug-likeness (QED) is 0.834. The molecule has 88 valence electrons. The molecule has 0 aromatic carbocycles. The van der Waals surface area contributed by atoms with E-state index in [0.717, 1.165) is 37.4 Å². The van der Waals surface area contributed by atoms with E-state index in [9.17, 15) is 4.79 Å². The molecular weight excluding hydrogens is 204 g/mol. The number of likely N-dealkylation sites (N-methyl/N-ethyl adjacent to an activating group) is 1. The van der Waals surface area contributed by atoms with Crippen molar-refractivity contribution < 1.29 is 9.21 Å². The molecule has 0 atom stereocenters. The lowest BCUT2D eigenvalue weighted by Gasteiger charge is -2.37. The van der Waals surface area contributed by atoms with Crippen molar-refractivity contribution in [3.05, 3.63) is 23.7 Å². The Labute approximate surface area is 95.6 Å². The van der Waals surface area contributed by atoms with E-state index < -0.39 is 0 Å². The predicted octanol–water partition coefficient (Wildman–Crippen LogP) is 1.28. The molecule has 1 aromatic rings. The van der Waals surface area contributed by atoms with Crippen molar-refractivity contribution in [2.75, 3.05) is 19.6 Å². The summed E-state index contributed by atoms with van der Waals surface area (Å²) >= 11 is 0. The van der Waals surface area contributed by atoms with E-state index in [2.05, 4.69) is 5.32 Å². The number of nitrogens with one attached hydrogen (secondary N) is 1. The van der Waals surface area contributed by atoms with Gasteiger partial charge < -0.3 is 14.6 Å². The van der Waals surface area contributed by atoms with Crippen LogP contribution in [0.5, 0.6) is 0 Å². The second-order valence-electron chi connectivity index (χ2n) is 4.01. The van der Waals surface area contributed by atoms with Gasteiger partial charge in [-0.25, -0.2) is 0 Å². The number of rotatable bonds is 4. The number of hydrogen-bond acceptors (Lipinski definition) is 3. The van der Waals surface area contributed by atoms with Gasteiger partial charge in [0.1, 0.15) is 5.76 Å². The molecule has 1 saturated heterocycles. The van der Waals surface area contributed by atoms with Crippen molar-refractivity contribution in [3.8, 4) is 0 Å². The Kier molecular flexibility index (Phi) is 3.29. The first-order valence-corrected chi connectivity index (χ1v) is 5.86. The fraction of sp³-hybridized carbons (Fsp3) is 0.583. The number of carbonyl (C=O) groups is 1. The van der Waals surface area contributed by atoms with Crippen molar-refractivity contribution in [1.29, 1.82) is 0 Å². The van der Waals surface area contributed by atoms with E-state index >= 15 is 0 Å². The maximum Gasteiger partial charge on any atom is 0.257 e. The van der Waals surface area contributed by atoms with Crippen LogP contribution in [-0.4, -0.2) is 36.5 Å². The summed E-state index contributed by atoms with van der Waals surface area (Å²) in [5.74, 6) is 0.885. The van der Waals surface area contributed by atoms with Gasteiger partial charge in [-0.05, 0) is 13.0 Å². The van der Waals surface area contributed by atoms with Gasteiger partial charge in [0, 0.05) is 26.1 Å². The summed E-state index contributed by atoms with van der Waals surface area (Å²) in [5.41, 5.74) is 0.719. The lowest BCUT2D eigenvalue weighted by Crippen LogP contribution is -2.58. The molecule has 0 saturated carbocycles. The van der Waals surface area contributed by atoms with Gasteiger partial charge in [0.25, 0.3) is 5.91 Å². The number of nitrogens with zero attached hydrogens (tertiary/aromatic N) is 1. The minimum absolute atomic E-state index is 0.0969. The predicted molar refractivity (Wildman–Crippen MR) is 61.5 cm³/mol. The summed E-state index contributed by atoms with van der Waals surface area (Å²) in [5, 5.41) is 3.19. The van der Waals surface area contributed by atoms with Crippen molar-refractivity contribution >= 4 is 5.91 Å². The zero-order valence-electron chi connectivity index (χ0n) is 9.82. The average Bonchev–Trinajstić information content (AvgIpc) is 2.69. The second-order valence-corrected chi connectivity index (χ2v) is 4.01. The van der Waals surface area contributed by atoms with Crippen molar-refractivity contribution in [1.82, 2.24) is 10.2 Å². The fourth-order valence-corrected chi connectivity index (χ4v) is 2.02. The van der Waals surface area contributed by atoms with Crippen LogP contribution in [0, 0.1) is 0 Å². The van der Waals surface area contributed by atoms with Gasteiger partial charge in [0.05, 0.1) is 17.9 Å². The Bertz CT molecular complexity index is 369. The van der Waals surface area contributed by atoms with Crippen LogP contribution in [-0.2, 0) is 6.42 Å². The SMILES string of the molecule is CCc1occc1C(=O)N(CC)C1CNC1. The summed E-state index contributed by atoms with van der Waals surface area (Å²) in [6, 6.07) is 2.12. The van der Waals surface area contributed by atoms with E-state index in [1.165, 1.54) is 0 Å². The Morgan fingerprint density at radius 2 is 2.31 bits per heavy atom. The van der Waals surface area contributed by atoms with E-state index in [0.29, 0.717) is 6.04 Å². The lowest BCUT2D eigenvalue weighted by atomic mass is 10.1. The number of carbonyl (C=O) groups excluding carboxylic acids is 1. The molecule has 16 heavy (non-hydrogen) atoms. The number of furan rings is 1. The normalized spacial score (nSPS) is 15.9. The summed E-state index contributed by atoms with van der Waals surface area (Å²) in [7, 11) is 0. The first-order chi connectivity index (χ1) is 7.77. The van der Waals surface area contributed by atoms with Crippen LogP contribution in [0.15, 0.2) is 16.7 Å². The summed E-state index contributed by atoms with van der Waals surface area (Å²) in [6.07, 6.45) is 2.35. The molecule has 2 heterocycles. The van der Waals surface area contributed by atoms with Gasteiger partial charge in [0.15, 0.2) is 0 Å². The summed E-state index contributed by atoms with van der Waals surface area (Å²) in [4.78, 5) is 14.2. The van der Waals surface area contributed by atoms with E-state index in [-0.39, 0.29) is 5.91 Å². The molecule has 0 aliphatic carbocycles. The topological polar surface area (TPSA) is 45.5 Å². The first-order valence-electron chi connectivity index (χ1n) is 5.86. The average molecular weight is 222 g/mol. The van der Waals surface area contributed by atoms with Crippen molar-refractivity contribution in [3.63, 3.8) is 0 Å². The highest BCUT2D eigenvalue weighted by Gasteiger charge is 2.29. The van der Waals surface area contributed by atoms with Crippen molar-refractivity contribution in [2.24, 2.45) is 0 Å². The Balaban J connectivity index is 2.16. The molecule has 2 rings (SSSR count). The second kappa shape index (κ2) is 4.70. The smallest absolute Gasteiger partial charge is 0.257 e. The van der Waals surface area contributed by atoms with Gasteiger partial charge in [-0.15, -0.1) is 0 Å². The van der Waals surface area contributed by atoms with Crippen LogP contribution in [0.1, 0.15) is 30.0 Å². The Morgan fingerprint density at radius 3 is 2.81 bits per heavy atom. The number of amides is 1. The first kappa shape index (κ1) is 11.2. The highest BCUT2D eigenvalue weighted by Crippen LogP contribution is 2.16. The highest BCUT2D eigenvalue weighted by atomic mass is 16.3. The molecule has 0 radical (unpaired) electrons. The van der Waals surface area contributed by atoms with Gasteiger partial charge in [-0.1, -0.05) is 6.92 Å². The maximum absolute atomic E-state index is 12.3. The summed E-state index contributed by atoms with van der Waals surface area (Å²) < 4.78 is 5.30. The van der Waals surface area contributed by atoms with E-state index in [1.54, 1.807) is 12.3 Å². The monoisotopic (exact) mass is 222 g/mol. The largest absolute Gasteiger partial charge is 0.469 e. The highest BCUT2D eigenvalue weighted by molar-refractivity contribution is 5.95. The van der Waals surface area contributed by atoms with Gasteiger partial charge in [-0.2, -0.15) is 0 Å². The summed E-state index contributed by atoms with van der Waals surface area (Å²) in [6.45, 7) is 6.57. The maximum atomic E-state index is 12.3. The van der Waals surface area contributed by atoms with E-state index in [1.807, 2.05) is 18.7 Å². The van der Waals surface area contributed by atoms with Crippen molar-refractivity contribution in [2.45, 2.75) is 26.3 Å². The van der Waals surface area contributed by atoms with Gasteiger partial charge in [-0.3, -0.25) is 4.79 Å². The third-order valence-corrected chi connectivity index (χ3v) is 3.10. The molecule has 1 aromatic heterocycles. The lowest BCUT2D eigenvalue weighted by molar-refractivity contribution is 0.0628. The van der Waals surface area contributed by atoms with Crippen LogP contribution in [0.4, 0.5) is 0 Å². The molecule has 0 bridgehead atoms.